The summed E-state index contributed by atoms with van der Waals surface area (Å²) in [6.45, 7) is 0. The Bertz CT molecular complexity index is 364. The van der Waals surface area contributed by atoms with Crippen molar-refractivity contribution >= 4 is 12.0 Å². The standard InChI is InChI=1S/C5H2N4O/c10-4-1-3-5(8-4)6-2-7-9-3/h1-2H/p+1. The van der Waals surface area contributed by atoms with Crippen molar-refractivity contribution in [3.8, 4) is 0 Å². The molecule has 0 spiro atoms. The lowest BCUT2D eigenvalue weighted by Gasteiger charge is -1.75. The summed E-state index contributed by atoms with van der Waals surface area (Å²) in [6, 6.07) is 0. The van der Waals surface area contributed by atoms with E-state index < -0.39 is 0 Å². The molecule has 0 fully saturated rings. The molecule has 0 atom stereocenters. The van der Waals surface area contributed by atoms with E-state index in [-0.39, 0.29) is 7.33 Å². The molecule has 0 radical (unpaired) electrons. The number of rotatable bonds is 0. The Hall–Kier alpha value is -1.65. The molecule has 0 unspecified atom stereocenters. The predicted octanol–water partition coefficient (Wildman–Crippen LogP) is -2.08. The first kappa shape index (κ1) is 5.16. The van der Waals surface area contributed by atoms with Crippen molar-refractivity contribution in [2.45, 2.75) is 0 Å². The molecule has 48 valence electrons. The van der Waals surface area contributed by atoms with Crippen LogP contribution >= 0.6 is 0 Å². The molecule has 5 nitrogen and oxygen atoms in total. The van der Waals surface area contributed by atoms with E-state index in [1.165, 1.54) is 12.4 Å². The second kappa shape index (κ2) is 1.66. The summed E-state index contributed by atoms with van der Waals surface area (Å²) >= 11 is 0. The van der Waals surface area contributed by atoms with Gasteiger partial charge in [0.25, 0.3) is 5.91 Å². The molecule has 1 aliphatic rings. The van der Waals surface area contributed by atoms with E-state index in [2.05, 4.69) is 20.2 Å². The first-order valence-electron chi connectivity index (χ1n) is 2.64. The topological polar surface area (TPSA) is 68.1 Å². The Labute approximate surface area is 56.6 Å². The highest BCUT2D eigenvalue weighted by Crippen LogP contribution is 1.75. The smallest absolute Gasteiger partial charge is 0.267 e. The van der Waals surface area contributed by atoms with Gasteiger partial charge in [0.05, 0.1) is 0 Å². The van der Waals surface area contributed by atoms with Crippen LogP contribution in [0.25, 0.3) is 6.08 Å². The third-order valence-electron chi connectivity index (χ3n) is 1.10. The quantitative estimate of drug-likeness (QED) is 0.409. The highest BCUT2D eigenvalue weighted by Gasteiger charge is 2.03. The highest BCUT2D eigenvalue weighted by molar-refractivity contribution is 6.05. The summed E-state index contributed by atoms with van der Waals surface area (Å²) in [5.41, 5.74) is 0.361. The lowest BCUT2D eigenvalue weighted by atomic mass is 10.5. The number of carbonyl (C=O) groups is 1. The molecular weight excluding hydrogens is 132 g/mol. The Balaban J connectivity index is 0.000000605. The van der Waals surface area contributed by atoms with Crippen LogP contribution in [0.2, 0.25) is 0 Å². The van der Waals surface area contributed by atoms with E-state index in [1.807, 2.05) is 0 Å². The van der Waals surface area contributed by atoms with Gasteiger partial charge in [-0.2, -0.15) is 4.99 Å². The Morgan fingerprint density at radius 2 is 2.40 bits per heavy atom. The zero-order valence-corrected chi connectivity index (χ0v) is 4.85. The van der Waals surface area contributed by atoms with Crippen LogP contribution in [-0.4, -0.2) is 21.1 Å². The molecular formula is C5H3N4O+. The molecule has 10 heavy (non-hydrogen) atoms. The number of carbonyl (C=O) groups excluding carboxylic acids is 1. The zero-order valence-electron chi connectivity index (χ0n) is 5.85. The van der Waals surface area contributed by atoms with E-state index in [0.29, 0.717) is 10.8 Å². The van der Waals surface area contributed by atoms with Gasteiger partial charge < -0.3 is 0 Å². The summed E-state index contributed by atoms with van der Waals surface area (Å²) in [5.74, 6) is -0.317. The third-order valence-corrected chi connectivity index (χ3v) is 1.10. The molecule has 1 aromatic rings. The molecule has 0 aliphatic carbocycles. The normalized spacial score (nSPS) is 13.8. The fourth-order valence-electron chi connectivity index (χ4n) is 0.713. The second-order valence-corrected chi connectivity index (χ2v) is 1.76. The van der Waals surface area contributed by atoms with Gasteiger partial charge in [-0.05, 0) is 0 Å². The second-order valence-electron chi connectivity index (χ2n) is 1.76. The van der Waals surface area contributed by atoms with E-state index >= 15 is 0 Å². The number of hydrogen-bond donors (Lipinski definition) is 0. The van der Waals surface area contributed by atoms with E-state index in [1.54, 1.807) is 0 Å². The highest BCUT2D eigenvalue weighted by atomic mass is 16.1. The van der Waals surface area contributed by atoms with Crippen molar-refractivity contribution in [1.82, 2.24) is 15.2 Å². The molecule has 0 bridgehead atoms. The minimum Gasteiger partial charge on any atom is -0.267 e. The molecule has 0 saturated heterocycles. The summed E-state index contributed by atoms with van der Waals surface area (Å²) in [7, 11) is 0. The maximum atomic E-state index is 10.6. The number of fused-ring (bicyclic) bond motifs is 1. The van der Waals surface area contributed by atoms with Gasteiger partial charge in [0.1, 0.15) is 11.7 Å². The van der Waals surface area contributed by atoms with Crippen LogP contribution in [0.4, 0.5) is 0 Å². The van der Waals surface area contributed by atoms with Gasteiger partial charge in [-0.15, -0.1) is 10.2 Å². The first-order valence-corrected chi connectivity index (χ1v) is 2.64. The van der Waals surface area contributed by atoms with Gasteiger partial charge in [-0.25, -0.2) is 4.98 Å². The minimum atomic E-state index is -0.317. The molecule has 1 aliphatic heterocycles. The molecule has 5 heteroatoms. The van der Waals surface area contributed by atoms with Crippen LogP contribution < -0.4 is 10.8 Å². The SMILES string of the molecule is O=C1C=c2nncnc2=N1.[H+]. The number of hydrogen-bond acceptors (Lipinski definition) is 4. The van der Waals surface area contributed by atoms with Gasteiger partial charge in [0, 0.05) is 6.08 Å². The average molecular weight is 135 g/mol. The van der Waals surface area contributed by atoms with Crippen molar-refractivity contribution in [1.29, 1.82) is 0 Å². The monoisotopic (exact) mass is 135 g/mol. The van der Waals surface area contributed by atoms with Crippen LogP contribution in [0.15, 0.2) is 11.3 Å². The lowest BCUT2D eigenvalue weighted by Crippen LogP contribution is -2.29. The largest absolute Gasteiger partial charge is 1.00 e. The van der Waals surface area contributed by atoms with Crippen molar-refractivity contribution in [3.05, 3.63) is 17.2 Å². The number of amides is 1. The van der Waals surface area contributed by atoms with Crippen LogP contribution in [0.5, 0.6) is 0 Å². The Kier molecular flexibility index (Phi) is 0.858. The molecule has 2 rings (SSSR count). The number of aromatic nitrogens is 3. The average Bonchev–Trinajstić information content (AvgIpc) is 2.27. The molecule has 0 saturated carbocycles. The molecule has 2 heterocycles. The van der Waals surface area contributed by atoms with Crippen molar-refractivity contribution in [2.24, 2.45) is 4.99 Å². The van der Waals surface area contributed by atoms with Crippen LogP contribution in [0.3, 0.4) is 0 Å². The molecule has 0 N–H and O–H groups in total. The van der Waals surface area contributed by atoms with E-state index in [9.17, 15) is 4.79 Å². The van der Waals surface area contributed by atoms with Gasteiger partial charge in [-0.1, -0.05) is 0 Å². The first-order chi connectivity index (χ1) is 4.86. The van der Waals surface area contributed by atoms with Crippen molar-refractivity contribution in [2.75, 3.05) is 0 Å². The van der Waals surface area contributed by atoms with Gasteiger partial charge in [0.2, 0.25) is 0 Å². The maximum absolute atomic E-state index is 10.6. The minimum absolute atomic E-state index is 0. The molecule has 1 amide bonds. The Morgan fingerprint density at radius 1 is 1.50 bits per heavy atom. The Morgan fingerprint density at radius 3 is 3.20 bits per heavy atom. The fraction of sp³-hybridized carbons (Fsp3) is 0. The summed E-state index contributed by atoms with van der Waals surface area (Å²) in [6.07, 6.45) is 2.56. The van der Waals surface area contributed by atoms with Crippen molar-refractivity contribution in [3.63, 3.8) is 0 Å². The van der Waals surface area contributed by atoms with Gasteiger partial charge in [-0.3, -0.25) is 4.79 Å². The van der Waals surface area contributed by atoms with Gasteiger partial charge >= 0.3 is 1.43 Å². The van der Waals surface area contributed by atoms with Crippen LogP contribution in [0, 0.1) is 0 Å². The summed E-state index contributed by atoms with van der Waals surface area (Å²) in [4.78, 5) is 17.8. The fourth-order valence-corrected chi connectivity index (χ4v) is 0.713. The van der Waals surface area contributed by atoms with Crippen LogP contribution in [-0.2, 0) is 4.79 Å². The maximum Gasteiger partial charge on any atom is 1.00 e. The summed E-state index contributed by atoms with van der Waals surface area (Å²) < 4.78 is 0. The predicted molar refractivity (Wildman–Crippen MR) is 31.2 cm³/mol. The third kappa shape index (κ3) is 0.604. The van der Waals surface area contributed by atoms with Crippen LogP contribution in [0.1, 0.15) is 1.43 Å². The number of nitrogens with zero attached hydrogens (tertiary/aromatic N) is 4. The molecule has 0 aromatic carbocycles. The van der Waals surface area contributed by atoms with E-state index in [4.69, 9.17) is 0 Å². The van der Waals surface area contributed by atoms with Gasteiger partial charge in [0.15, 0.2) is 5.49 Å². The lowest BCUT2D eigenvalue weighted by molar-refractivity contribution is -0.112. The summed E-state index contributed by atoms with van der Waals surface area (Å²) in [5, 5.41) is 7.56. The zero-order chi connectivity index (χ0) is 6.97. The van der Waals surface area contributed by atoms with E-state index in [0.717, 1.165) is 0 Å². The molecule has 1 aromatic heterocycles. The van der Waals surface area contributed by atoms with Crippen molar-refractivity contribution < 1.29 is 6.22 Å².